The molecule has 68 valence electrons. The van der Waals surface area contributed by atoms with Crippen LogP contribution in [-0.4, -0.2) is 4.98 Å². The number of hydrogen-bond donors (Lipinski definition) is 0. The van der Waals surface area contributed by atoms with Crippen LogP contribution in [0, 0.1) is 0 Å². The molecule has 1 aromatic heterocycles. The van der Waals surface area contributed by atoms with Crippen molar-refractivity contribution in [2.75, 3.05) is 0 Å². The molecular formula is C10H10ClNS. The molecule has 0 saturated carbocycles. The van der Waals surface area contributed by atoms with Crippen LogP contribution in [0.4, 0.5) is 0 Å². The van der Waals surface area contributed by atoms with E-state index < -0.39 is 0 Å². The third kappa shape index (κ3) is 2.54. The summed E-state index contributed by atoms with van der Waals surface area (Å²) in [4.78, 5) is 4.32. The number of nitrogens with zero attached hydrogens (tertiary/aromatic N) is 1. The van der Waals surface area contributed by atoms with E-state index in [4.69, 9.17) is 11.6 Å². The second-order valence-electron chi connectivity index (χ2n) is 2.34. The van der Waals surface area contributed by atoms with Gasteiger partial charge in [-0.3, -0.25) is 0 Å². The monoisotopic (exact) mass is 211 g/mol. The van der Waals surface area contributed by atoms with Crippen LogP contribution in [0.15, 0.2) is 36.8 Å². The van der Waals surface area contributed by atoms with Gasteiger partial charge < -0.3 is 0 Å². The zero-order valence-electron chi connectivity index (χ0n) is 7.16. The van der Waals surface area contributed by atoms with Crippen molar-refractivity contribution in [1.29, 1.82) is 0 Å². The van der Waals surface area contributed by atoms with Gasteiger partial charge in [0.2, 0.25) is 0 Å². The van der Waals surface area contributed by atoms with E-state index >= 15 is 0 Å². The van der Waals surface area contributed by atoms with Crippen LogP contribution in [0.2, 0.25) is 0 Å². The van der Waals surface area contributed by atoms with E-state index in [2.05, 4.69) is 18.1 Å². The lowest BCUT2D eigenvalue weighted by Crippen LogP contribution is -1.80. The maximum absolute atomic E-state index is 5.64. The van der Waals surface area contributed by atoms with Crippen molar-refractivity contribution in [3.63, 3.8) is 0 Å². The third-order valence-electron chi connectivity index (χ3n) is 1.45. The summed E-state index contributed by atoms with van der Waals surface area (Å²) in [5, 5.41) is 2.88. The van der Waals surface area contributed by atoms with E-state index in [1.165, 1.54) is 0 Å². The average molecular weight is 212 g/mol. The first-order chi connectivity index (χ1) is 6.31. The quantitative estimate of drug-likeness (QED) is 0.548. The van der Waals surface area contributed by atoms with Gasteiger partial charge in [-0.2, -0.15) is 0 Å². The highest BCUT2D eigenvalue weighted by atomic mass is 35.5. The molecule has 0 aliphatic carbocycles. The molecule has 0 aromatic carbocycles. The van der Waals surface area contributed by atoms with Gasteiger partial charge in [0.25, 0.3) is 0 Å². The van der Waals surface area contributed by atoms with Crippen LogP contribution < -0.4 is 0 Å². The summed E-state index contributed by atoms with van der Waals surface area (Å²) in [6.45, 7) is 7.34. The van der Waals surface area contributed by atoms with E-state index in [1.807, 2.05) is 11.5 Å². The molecule has 1 rings (SSSR count). The van der Waals surface area contributed by atoms with Gasteiger partial charge in [0, 0.05) is 11.0 Å². The Morgan fingerprint density at radius 2 is 2.38 bits per heavy atom. The zero-order valence-corrected chi connectivity index (χ0v) is 8.74. The molecule has 0 unspecified atom stereocenters. The molecule has 0 N–H and O–H groups in total. The Bertz CT molecular complexity index is 338. The maximum Gasteiger partial charge on any atom is 0.123 e. The largest absolute Gasteiger partial charge is 0.240 e. The Morgan fingerprint density at radius 1 is 1.62 bits per heavy atom. The lowest BCUT2D eigenvalue weighted by atomic mass is 10.2. The van der Waals surface area contributed by atoms with E-state index in [-0.39, 0.29) is 0 Å². The van der Waals surface area contributed by atoms with E-state index in [1.54, 1.807) is 23.5 Å². The smallest absolute Gasteiger partial charge is 0.123 e. The minimum absolute atomic E-state index is 0.453. The third-order valence-corrected chi connectivity index (χ3v) is 2.67. The Hall–Kier alpha value is -0.860. The molecule has 0 aliphatic heterocycles. The SMILES string of the molecule is C=C/C=C(\C=C)c1nc(CCl)cs1. The number of thiazole rings is 1. The highest BCUT2D eigenvalue weighted by Gasteiger charge is 2.02. The van der Waals surface area contributed by atoms with Crippen LogP contribution in [0.25, 0.3) is 5.57 Å². The average Bonchev–Trinajstić information content (AvgIpc) is 2.62. The topological polar surface area (TPSA) is 12.9 Å². The summed E-state index contributed by atoms with van der Waals surface area (Å²) in [6, 6.07) is 0. The van der Waals surface area contributed by atoms with Crippen LogP contribution in [0.1, 0.15) is 10.7 Å². The first kappa shape index (κ1) is 10.2. The molecule has 1 heterocycles. The van der Waals surface area contributed by atoms with Crippen molar-refractivity contribution in [2.45, 2.75) is 5.88 Å². The summed E-state index contributed by atoms with van der Waals surface area (Å²) in [6.07, 6.45) is 5.36. The predicted octanol–water partition coefficient (Wildman–Crippen LogP) is 3.64. The zero-order chi connectivity index (χ0) is 9.68. The molecule has 1 nitrogen and oxygen atoms in total. The van der Waals surface area contributed by atoms with Crippen LogP contribution in [-0.2, 0) is 5.88 Å². The van der Waals surface area contributed by atoms with Gasteiger partial charge in [-0.25, -0.2) is 4.98 Å². The minimum atomic E-state index is 0.453. The summed E-state index contributed by atoms with van der Waals surface area (Å²) in [5.41, 5.74) is 1.88. The fourth-order valence-corrected chi connectivity index (χ4v) is 1.92. The van der Waals surface area contributed by atoms with Crippen molar-refractivity contribution in [3.8, 4) is 0 Å². The number of allylic oxidation sites excluding steroid dienone is 4. The molecule has 0 saturated heterocycles. The fourth-order valence-electron chi connectivity index (χ4n) is 0.855. The van der Waals surface area contributed by atoms with Gasteiger partial charge in [-0.1, -0.05) is 31.4 Å². The number of rotatable bonds is 4. The van der Waals surface area contributed by atoms with Gasteiger partial charge in [-0.05, 0) is 0 Å². The normalized spacial score (nSPS) is 11.3. The first-order valence-electron chi connectivity index (χ1n) is 3.77. The van der Waals surface area contributed by atoms with E-state index in [9.17, 15) is 0 Å². The summed E-state index contributed by atoms with van der Waals surface area (Å²) < 4.78 is 0. The van der Waals surface area contributed by atoms with E-state index in [0.29, 0.717) is 5.88 Å². The molecule has 0 radical (unpaired) electrons. The van der Waals surface area contributed by atoms with Gasteiger partial charge in [0.15, 0.2) is 0 Å². The molecule has 13 heavy (non-hydrogen) atoms. The number of aromatic nitrogens is 1. The van der Waals surface area contributed by atoms with Crippen LogP contribution >= 0.6 is 22.9 Å². The summed E-state index contributed by atoms with van der Waals surface area (Å²) in [7, 11) is 0. The molecule has 1 aromatic rings. The highest BCUT2D eigenvalue weighted by Crippen LogP contribution is 2.20. The molecular weight excluding hydrogens is 202 g/mol. The van der Waals surface area contributed by atoms with Crippen molar-refractivity contribution in [1.82, 2.24) is 4.98 Å². The van der Waals surface area contributed by atoms with Crippen LogP contribution in [0.3, 0.4) is 0 Å². The summed E-state index contributed by atoms with van der Waals surface area (Å²) >= 11 is 7.21. The number of alkyl halides is 1. The molecule has 0 aliphatic rings. The van der Waals surface area contributed by atoms with Crippen molar-refractivity contribution in [3.05, 3.63) is 47.5 Å². The van der Waals surface area contributed by atoms with Crippen molar-refractivity contribution in [2.24, 2.45) is 0 Å². The van der Waals surface area contributed by atoms with Crippen molar-refractivity contribution < 1.29 is 0 Å². The molecule has 3 heteroatoms. The summed E-state index contributed by atoms with van der Waals surface area (Å²) in [5.74, 6) is 0.453. The lowest BCUT2D eigenvalue weighted by molar-refractivity contribution is 1.21. The van der Waals surface area contributed by atoms with Gasteiger partial charge in [0.05, 0.1) is 11.6 Å². The molecule has 0 atom stereocenters. The first-order valence-corrected chi connectivity index (χ1v) is 5.19. The second-order valence-corrected chi connectivity index (χ2v) is 3.46. The number of halogens is 1. The van der Waals surface area contributed by atoms with Crippen LogP contribution in [0.5, 0.6) is 0 Å². The Labute approximate surface area is 87.1 Å². The molecule has 0 fully saturated rings. The Balaban J connectivity index is 2.98. The fraction of sp³-hybridized carbons (Fsp3) is 0.100. The minimum Gasteiger partial charge on any atom is -0.240 e. The number of hydrogen-bond acceptors (Lipinski definition) is 2. The molecule has 0 spiro atoms. The van der Waals surface area contributed by atoms with Gasteiger partial charge >= 0.3 is 0 Å². The molecule has 0 bridgehead atoms. The highest BCUT2D eigenvalue weighted by molar-refractivity contribution is 7.10. The van der Waals surface area contributed by atoms with Crippen molar-refractivity contribution >= 4 is 28.5 Å². The Kier molecular flexibility index (Phi) is 3.93. The standard InChI is InChI=1S/C10H10ClNS/c1-3-5-8(4-2)10-12-9(6-11)7-13-10/h3-5,7H,1-2,6H2/b8-5+. The van der Waals surface area contributed by atoms with Gasteiger partial charge in [0.1, 0.15) is 5.01 Å². The van der Waals surface area contributed by atoms with E-state index in [0.717, 1.165) is 16.3 Å². The predicted molar refractivity (Wildman–Crippen MR) is 60.0 cm³/mol. The Morgan fingerprint density at radius 3 is 2.85 bits per heavy atom. The second kappa shape index (κ2) is 5.00. The lowest BCUT2D eigenvalue weighted by Gasteiger charge is -1.92. The molecule has 0 amide bonds. The van der Waals surface area contributed by atoms with Gasteiger partial charge in [-0.15, -0.1) is 22.9 Å². The maximum atomic E-state index is 5.64.